The summed E-state index contributed by atoms with van der Waals surface area (Å²) >= 11 is 0. The van der Waals surface area contributed by atoms with Crippen LogP contribution in [0, 0.1) is 15.5 Å². The second-order valence-electron chi connectivity index (χ2n) is 5.52. The highest BCUT2D eigenvalue weighted by Crippen LogP contribution is 2.20. The van der Waals surface area contributed by atoms with Crippen molar-refractivity contribution in [2.45, 2.75) is 26.8 Å². The molecule has 0 aliphatic carbocycles. The number of nitro groups is 1. The number of amides is 1. The highest BCUT2D eigenvalue weighted by atomic mass is 16.6. The molecule has 7 heteroatoms. The van der Waals surface area contributed by atoms with E-state index in [-0.39, 0.29) is 28.9 Å². The van der Waals surface area contributed by atoms with Crippen molar-refractivity contribution in [1.29, 1.82) is 0 Å². The van der Waals surface area contributed by atoms with E-state index in [1.54, 1.807) is 0 Å². The number of hydrogen-bond donors (Lipinski definition) is 2. The number of nitrogens with one attached hydrogen (secondary N) is 1. The van der Waals surface area contributed by atoms with Crippen LogP contribution in [0.3, 0.4) is 0 Å². The molecule has 0 saturated carbocycles. The lowest BCUT2D eigenvalue weighted by Crippen LogP contribution is -2.48. The molecule has 7 nitrogen and oxygen atoms in total. The van der Waals surface area contributed by atoms with Crippen LogP contribution in [0.15, 0.2) is 12.1 Å². The molecule has 0 aliphatic rings. The van der Waals surface area contributed by atoms with E-state index >= 15 is 0 Å². The lowest BCUT2D eigenvalue weighted by atomic mass is 9.87. The third-order valence-electron chi connectivity index (χ3n) is 3.10. The first-order valence-corrected chi connectivity index (χ1v) is 5.99. The largest absolute Gasteiger partial charge is 0.358 e. The van der Waals surface area contributed by atoms with Crippen LogP contribution in [0.4, 0.5) is 5.82 Å². The Hall–Kier alpha value is -1.89. The maximum Gasteiger partial charge on any atom is 0.323 e. The van der Waals surface area contributed by atoms with E-state index in [1.807, 2.05) is 20.8 Å². The fourth-order valence-electron chi connectivity index (χ4n) is 1.77. The first kappa shape index (κ1) is 15.2. The molecule has 19 heavy (non-hydrogen) atoms. The topological polar surface area (TPSA) is 103 Å². The molecule has 0 aromatic carbocycles. The zero-order chi connectivity index (χ0) is 14.8. The van der Waals surface area contributed by atoms with E-state index in [2.05, 4.69) is 5.32 Å². The van der Waals surface area contributed by atoms with Crippen LogP contribution in [-0.2, 0) is 7.05 Å². The van der Waals surface area contributed by atoms with Gasteiger partial charge in [0.25, 0.3) is 5.91 Å². The molecule has 106 valence electrons. The third kappa shape index (κ3) is 3.31. The Balaban J connectivity index is 2.93. The van der Waals surface area contributed by atoms with Crippen LogP contribution < -0.4 is 11.1 Å². The molecule has 0 fully saturated rings. The minimum Gasteiger partial charge on any atom is -0.358 e. The Labute approximate surface area is 111 Å². The molecule has 1 aromatic heterocycles. The van der Waals surface area contributed by atoms with E-state index in [0.717, 1.165) is 0 Å². The summed E-state index contributed by atoms with van der Waals surface area (Å²) in [6.07, 6.45) is 0. The third-order valence-corrected chi connectivity index (χ3v) is 3.10. The van der Waals surface area contributed by atoms with Crippen molar-refractivity contribution in [3.8, 4) is 0 Å². The van der Waals surface area contributed by atoms with E-state index in [4.69, 9.17) is 5.73 Å². The number of nitrogens with two attached hydrogens (primary N) is 1. The van der Waals surface area contributed by atoms with Crippen LogP contribution >= 0.6 is 0 Å². The summed E-state index contributed by atoms with van der Waals surface area (Å²) < 4.78 is 1.26. The molecule has 3 N–H and O–H groups in total. The van der Waals surface area contributed by atoms with Gasteiger partial charge in [-0.3, -0.25) is 4.79 Å². The van der Waals surface area contributed by atoms with Gasteiger partial charge in [-0.25, -0.2) is 4.57 Å². The van der Waals surface area contributed by atoms with Gasteiger partial charge in [0.05, 0.1) is 7.05 Å². The van der Waals surface area contributed by atoms with E-state index in [1.165, 1.54) is 23.7 Å². The number of aromatic nitrogens is 1. The number of carbonyl (C=O) groups is 1. The van der Waals surface area contributed by atoms with Crippen molar-refractivity contribution in [2.24, 2.45) is 18.2 Å². The molecular weight excluding hydrogens is 248 g/mol. The van der Waals surface area contributed by atoms with Crippen molar-refractivity contribution in [2.75, 3.05) is 6.54 Å². The maximum absolute atomic E-state index is 12.1. The average Bonchev–Trinajstić information content (AvgIpc) is 2.66. The van der Waals surface area contributed by atoms with Gasteiger partial charge >= 0.3 is 5.82 Å². The van der Waals surface area contributed by atoms with Gasteiger partial charge in [0.1, 0.15) is 0 Å². The van der Waals surface area contributed by atoms with Crippen LogP contribution in [0.1, 0.15) is 31.3 Å². The first-order valence-electron chi connectivity index (χ1n) is 5.99. The number of nitrogens with zero attached hydrogens (tertiary/aromatic N) is 2. The summed E-state index contributed by atoms with van der Waals surface area (Å²) in [7, 11) is 1.49. The Morgan fingerprint density at radius 2 is 2.11 bits per heavy atom. The van der Waals surface area contributed by atoms with Crippen molar-refractivity contribution < 1.29 is 9.72 Å². The predicted molar refractivity (Wildman–Crippen MR) is 71.8 cm³/mol. The van der Waals surface area contributed by atoms with Crippen LogP contribution in [-0.4, -0.2) is 28.0 Å². The quantitative estimate of drug-likeness (QED) is 0.628. The zero-order valence-corrected chi connectivity index (χ0v) is 11.6. The molecule has 1 aromatic rings. The van der Waals surface area contributed by atoms with E-state index < -0.39 is 4.92 Å². The summed E-state index contributed by atoms with van der Waals surface area (Å²) in [6, 6.07) is 2.54. The van der Waals surface area contributed by atoms with E-state index in [0.29, 0.717) is 6.54 Å². The van der Waals surface area contributed by atoms with Gasteiger partial charge in [-0.1, -0.05) is 20.8 Å². The lowest BCUT2D eigenvalue weighted by molar-refractivity contribution is -0.391. The second kappa shape index (κ2) is 5.40. The van der Waals surface area contributed by atoms with Crippen molar-refractivity contribution in [3.63, 3.8) is 0 Å². The monoisotopic (exact) mass is 268 g/mol. The summed E-state index contributed by atoms with van der Waals surface area (Å²) in [5.41, 5.74) is 5.71. The fraction of sp³-hybridized carbons (Fsp3) is 0.583. The second-order valence-corrected chi connectivity index (χ2v) is 5.52. The summed E-state index contributed by atoms with van der Waals surface area (Å²) in [4.78, 5) is 22.3. The average molecular weight is 268 g/mol. The minimum absolute atomic E-state index is 0.120. The smallest absolute Gasteiger partial charge is 0.323 e. The lowest BCUT2D eigenvalue weighted by Gasteiger charge is -2.30. The molecule has 1 amide bonds. The van der Waals surface area contributed by atoms with Crippen molar-refractivity contribution >= 4 is 11.7 Å². The molecule has 1 rings (SSSR count). The van der Waals surface area contributed by atoms with Gasteiger partial charge in [-0.2, -0.15) is 0 Å². The number of carbonyl (C=O) groups excluding carboxylic acids is 1. The van der Waals surface area contributed by atoms with Crippen molar-refractivity contribution in [1.82, 2.24) is 9.88 Å². The predicted octanol–water partition coefficient (Wildman–Crippen LogP) is 1.04. The zero-order valence-electron chi connectivity index (χ0n) is 11.6. The molecule has 1 heterocycles. The molecule has 0 spiro atoms. The summed E-state index contributed by atoms with van der Waals surface area (Å²) in [5.74, 6) is -0.480. The molecule has 0 aliphatic heterocycles. The highest BCUT2D eigenvalue weighted by molar-refractivity contribution is 5.93. The molecule has 1 unspecified atom stereocenters. The minimum atomic E-state index is -0.527. The summed E-state index contributed by atoms with van der Waals surface area (Å²) in [6.45, 7) is 6.22. The van der Waals surface area contributed by atoms with Gasteiger partial charge in [0, 0.05) is 18.7 Å². The normalized spacial score (nSPS) is 13.1. The van der Waals surface area contributed by atoms with Crippen molar-refractivity contribution in [3.05, 3.63) is 27.9 Å². The van der Waals surface area contributed by atoms with Gasteiger partial charge in [0.2, 0.25) is 0 Å². The van der Waals surface area contributed by atoms with E-state index in [9.17, 15) is 14.9 Å². The molecular formula is C12H20N4O3. The Bertz CT molecular complexity index is 488. The van der Waals surface area contributed by atoms with Gasteiger partial charge in [-0.05, 0) is 16.4 Å². The van der Waals surface area contributed by atoms with Gasteiger partial charge in [-0.15, -0.1) is 0 Å². The van der Waals surface area contributed by atoms with Gasteiger partial charge < -0.3 is 21.2 Å². The Morgan fingerprint density at radius 3 is 2.47 bits per heavy atom. The maximum atomic E-state index is 12.1. The van der Waals surface area contributed by atoms with Crippen LogP contribution in [0.2, 0.25) is 0 Å². The van der Waals surface area contributed by atoms with Crippen LogP contribution in [0.5, 0.6) is 0 Å². The Kier molecular flexibility index (Phi) is 4.31. The Morgan fingerprint density at radius 1 is 1.53 bits per heavy atom. The van der Waals surface area contributed by atoms with Crippen LogP contribution in [0.25, 0.3) is 0 Å². The standard InChI is InChI=1S/C12H20N4O3/c1-12(2,3)9(7-13)14-11(17)8-5-6-10(15(8)4)16(18)19/h5-6,9H,7,13H2,1-4H3,(H,14,17). The fourth-order valence-corrected chi connectivity index (χ4v) is 1.77. The number of hydrogen-bond acceptors (Lipinski definition) is 4. The first-order chi connectivity index (χ1) is 8.68. The SMILES string of the molecule is Cn1c(C(=O)NC(CN)C(C)(C)C)ccc1[N+](=O)[O-]. The molecule has 0 saturated heterocycles. The van der Waals surface area contributed by atoms with Gasteiger partial charge in [0.15, 0.2) is 5.69 Å². The molecule has 0 bridgehead atoms. The highest BCUT2D eigenvalue weighted by Gasteiger charge is 2.28. The summed E-state index contributed by atoms with van der Waals surface area (Å²) in [5, 5.41) is 13.5. The molecule has 1 atom stereocenters. The molecule has 0 radical (unpaired) electrons. The number of rotatable bonds is 4.